The van der Waals surface area contributed by atoms with Crippen molar-refractivity contribution in [2.45, 2.75) is 12.8 Å². The van der Waals surface area contributed by atoms with Gasteiger partial charge in [0, 0.05) is 42.4 Å². The van der Waals surface area contributed by atoms with E-state index in [-0.39, 0.29) is 5.92 Å². The number of para-hydroxylation sites is 2. The quantitative estimate of drug-likeness (QED) is 0.220. The highest BCUT2D eigenvalue weighted by Gasteiger charge is 2.14. The summed E-state index contributed by atoms with van der Waals surface area (Å²) in [5.41, 5.74) is 9.33. The molecule has 0 radical (unpaired) electrons. The number of hydrogen-bond acceptors (Lipinski definition) is 2. The Balaban J connectivity index is 1.12. The zero-order chi connectivity index (χ0) is 26.6. The molecule has 2 aromatic heterocycles. The van der Waals surface area contributed by atoms with Crippen LogP contribution in [0.1, 0.15) is 24.0 Å². The van der Waals surface area contributed by atoms with Gasteiger partial charge in [-0.05, 0) is 52.1 Å². The average molecular weight is 531 g/mol. The van der Waals surface area contributed by atoms with Gasteiger partial charge in [-0.1, -0.05) is 116 Å². The lowest BCUT2D eigenvalue weighted by Gasteiger charge is -2.15. The Hall–Kier alpha value is -4.66. The molecule has 190 valence electrons. The van der Waals surface area contributed by atoms with Crippen LogP contribution in [-0.2, 0) is 0 Å². The maximum atomic E-state index is 6.29. The van der Waals surface area contributed by atoms with Gasteiger partial charge in [0.05, 0.1) is 0 Å². The molecule has 0 fully saturated rings. The van der Waals surface area contributed by atoms with E-state index < -0.39 is 0 Å². The lowest BCUT2D eigenvalue weighted by atomic mass is 9.89. The lowest BCUT2D eigenvalue weighted by Crippen LogP contribution is -1.96. The summed E-state index contributed by atoms with van der Waals surface area (Å²) in [7, 11) is 0. The molecule has 0 bridgehead atoms. The van der Waals surface area contributed by atoms with Crippen molar-refractivity contribution in [3.63, 3.8) is 0 Å². The van der Waals surface area contributed by atoms with Crippen molar-refractivity contribution in [1.82, 2.24) is 0 Å². The van der Waals surface area contributed by atoms with E-state index in [4.69, 9.17) is 4.42 Å². The standard InChI is InChI=1S/C38H26OS/c1-24(25-16-18-26(19-17-25)30-12-7-13-33-31-10-2-4-14-35(31)39-38(30)33)27-8-6-9-28(22-27)29-20-21-37-34(23-29)32-11-3-5-15-36(32)40-37/h2-24H,1H3. The zero-order valence-electron chi connectivity index (χ0n) is 22.1. The topological polar surface area (TPSA) is 13.1 Å². The minimum absolute atomic E-state index is 0.279. The highest BCUT2D eigenvalue weighted by molar-refractivity contribution is 7.25. The van der Waals surface area contributed by atoms with Crippen LogP contribution < -0.4 is 0 Å². The number of rotatable bonds is 4. The van der Waals surface area contributed by atoms with Crippen LogP contribution in [0.15, 0.2) is 138 Å². The molecule has 0 spiro atoms. The third-order valence-electron chi connectivity index (χ3n) is 8.22. The Morgan fingerprint density at radius 2 is 1.20 bits per heavy atom. The van der Waals surface area contributed by atoms with Gasteiger partial charge in [0.25, 0.3) is 0 Å². The molecule has 0 aliphatic carbocycles. The molecule has 0 aliphatic rings. The Morgan fingerprint density at radius 3 is 2.10 bits per heavy atom. The predicted octanol–water partition coefficient (Wildman–Crippen LogP) is 11.4. The van der Waals surface area contributed by atoms with Crippen molar-refractivity contribution in [2.75, 3.05) is 0 Å². The van der Waals surface area contributed by atoms with Crippen molar-refractivity contribution >= 4 is 53.4 Å². The number of benzene rings is 6. The van der Waals surface area contributed by atoms with Gasteiger partial charge >= 0.3 is 0 Å². The Kier molecular flexibility index (Phi) is 5.36. The second kappa shape index (κ2) is 9.22. The third-order valence-corrected chi connectivity index (χ3v) is 9.37. The third kappa shape index (κ3) is 3.76. The van der Waals surface area contributed by atoms with Crippen molar-refractivity contribution < 1.29 is 4.42 Å². The second-order valence-electron chi connectivity index (χ2n) is 10.6. The molecule has 40 heavy (non-hydrogen) atoms. The van der Waals surface area contributed by atoms with E-state index in [1.807, 2.05) is 23.5 Å². The second-order valence-corrected chi connectivity index (χ2v) is 11.6. The summed E-state index contributed by atoms with van der Waals surface area (Å²) in [6.45, 7) is 2.30. The van der Waals surface area contributed by atoms with Crippen molar-refractivity contribution in [1.29, 1.82) is 0 Å². The maximum Gasteiger partial charge on any atom is 0.143 e. The number of fused-ring (bicyclic) bond motifs is 6. The molecule has 1 atom stereocenters. The molecular weight excluding hydrogens is 504 g/mol. The summed E-state index contributed by atoms with van der Waals surface area (Å²) in [4.78, 5) is 0. The van der Waals surface area contributed by atoms with Gasteiger partial charge in [0.2, 0.25) is 0 Å². The Morgan fingerprint density at radius 1 is 0.500 bits per heavy atom. The van der Waals surface area contributed by atoms with E-state index in [9.17, 15) is 0 Å². The fourth-order valence-electron chi connectivity index (χ4n) is 6.01. The van der Waals surface area contributed by atoms with E-state index in [2.05, 4.69) is 128 Å². The van der Waals surface area contributed by atoms with Crippen LogP contribution in [-0.4, -0.2) is 0 Å². The molecule has 1 unspecified atom stereocenters. The van der Waals surface area contributed by atoms with Crippen molar-refractivity contribution in [2.24, 2.45) is 0 Å². The van der Waals surface area contributed by atoms with Gasteiger partial charge in [0.1, 0.15) is 11.2 Å². The van der Waals surface area contributed by atoms with Crippen LogP contribution >= 0.6 is 11.3 Å². The molecule has 2 heteroatoms. The van der Waals surface area contributed by atoms with Gasteiger partial charge in [-0.25, -0.2) is 0 Å². The van der Waals surface area contributed by atoms with E-state index in [0.717, 1.165) is 27.5 Å². The minimum Gasteiger partial charge on any atom is -0.455 e. The van der Waals surface area contributed by atoms with Crippen LogP contribution in [0.2, 0.25) is 0 Å². The molecular formula is C38H26OS. The van der Waals surface area contributed by atoms with Crippen LogP contribution in [0.5, 0.6) is 0 Å². The molecule has 2 heterocycles. The van der Waals surface area contributed by atoms with Crippen LogP contribution in [0.3, 0.4) is 0 Å². The van der Waals surface area contributed by atoms with Crippen LogP contribution in [0.4, 0.5) is 0 Å². The predicted molar refractivity (Wildman–Crippen MR) is 171 cm³/mol. The Labute approximate surface area is 236 Å². The molecule has 8 rings (SSSR count). The number of furan rings is 1. The smallest absolute Gasteiger partial charge is 0.143 e. The zero-order valence-corrected chi connectivity index (χ0v) is 22.9. The van der Waals surface area contributed by atoms with Gasteiger partial charge in [0.15, 0.2) is 0 Å². The highest BCUT2D eigenvalue weighted by Crippen LogP contribution is 2.38. The molecule has 0 N–H and O–H groups in total. The number of thiophene rings is 1. The van der Waals surface area contributed by atoms with Crippen molar-refractivity contribution in [3.8, 4) is 22.3 Å². The monoisotopic (exact) mass is 530 g/mol. The highest BCUT2D eigenvalue weighted by atomic mass is 32.1. The normalized spacial score (nSPS) is 12.5. The molecule has 6 aromatic carbocycles. The first kappa shape index (κ1) is 23.2. The fourth-order valence-corrected chi connectivity index (χ4v) is 7.10. The molecule has 0 saturated carbocycles. The summed E-state index contributed by atoms with van der Waals surface area (Å²) < 4.78 is 8.97. The van der Waals surface area contributed by atoms with Gasteiger partial charge in [-0.2, -0.15) is 0 Å². The first-order valence-corrected chi connectivity index (χ1v) is 14.6. The Bertz CT molecular complexity index is 2180. The fraction of sp³-hybridized carbons (Fsp3) is 0.0526. The summed E-state index contributed by atoms with van der Waals surface area (Å²) in [6, 6.07) is 48.3. The summed E-state index contributed by atoms with van der Waals surface area (Å²) in [5.74, 6) is 0.279. The van der Waals surface area contributed by atoms with Crippen molar-refractivity contribution in [3.05, 3.63) is 145 Å². The largest absolute Gasteiger partial charge is 0.455 e. The van der Waals surface area contributed by atoms with Gasteiger partial charge < -0.3 is 4.42 Å². The van der Waals surface area contributed by atoms with Crippen LogP contribution in [0.25, 0.3) is 64.4 Å². The molecule has 8 aromatic rings. The average Bonchev–Trinajstić information content (AvgIpc) is 3.59. The summed E-state index contributed by atoms with van der Waals surface area (Å²) in [5, 5.41) is 5.01. The van der Waals surface area contributed by atoms with E-state index in [0.29, 0.717) is 0 Å². The van der Waals surface area contributed by atoms with Gasteiger partial charge in [-0.3, -0.25) is 0 Å². The van der Waals surface area contributed by atoms with E-state index >= 15 is 0 Å². The molecule has 0 amide bonds. The molecule has 0 aliphatic heterocycles. The lowest BCUT2D eigenvalue weighted by molar-refractivity contribution is 0.670. The number of hydrogen-bond donors (Lipinski definition) is 0. The maximum absolute atomic E-state index is 6.29. The minimum atomic E-state index is 0.279. The first-order valence-electron chi connectivity index (χ1n) is 13.8. The van der Waals surface area contributed by atoms with Gasteiger partial charge in [-0.15, -0.1) is 11.3 Å². The van der Waals surface area contributed by atoms with Crippen LogP contribution in [0, 0.1) is 0 Å². The van der Waals surface area contributed by atoms with E-state index in [1.165, 1.54) is 48.0 Å². The van der Waals surface area contributed by atoms with E-state index in [1.54, 1.807) is 0 Å². The SMILES string of the molecule is CC(c1ccc(-c2cccc3c2oc2ccccc23)cc1)c1cccc(-c2ccc3sc4ccccc4c3c2)c1. The molecule has 0 saturated heterocycles. The summed E-state index contributed by atoms with van der Waals surface area (Å²) in [6.07, 6.45) is 0. The first-order chi connectivity index (χ1) is 19.7. The summed E-state index contributed by atoms with van der Waals surface area (Å²) >= 11 is 1.87. The molecule has 1 nitrogen and oxygen atoms in total.